The standard InChI is InChI=1S/C11H16N6O/c1-3-4-9-15-10(17-16-9)11(18)14-7(2)8-5-12-13-6-8/h5-7H,3-4H2,1-2H3,(H,12,13)(H,14,18)(H,15,16,17). The summed E-state index contributed by atoms with van der Waals surface area (Å²) in [7, 11) is 0. The van der Waals surface area contributed by atoms with Crippen LogP contribution in [0.5, 0.6) is 0 Å². The molecule has 96 valence electrons. The summed E-state index contributed by atoms with van der Waals surface area (Å²) in [6.07, 6.45) is 5.16. The van der Waals surface area contributed by atoms with Crippen LogP contribution in [0.3, 0.4) is 0 Å². The zero-order chi connectivity index (χ0) is 13.0. The van der Waals surface area contributed by atoms with Crippen LogP contribution in [0.1, 0.15) is 48.3 Å². The van der Waals surface area contributed by atoms with Crippen LogP contribution in [0, 0.1) is 0 Å². The summed E-state index contributed by atoms with van der Waals surface area (Å²) in [5.74, 6) is 0.620. The fourth-order valence-corrected chi connectivity index (χ4v) is 1.59. The molecule has 2 aromatic heterocycles. The minimum Gasteiger partial charge on any atom is -0.343 e. The van der Waals surface area contributed by atoms with E-state index in [-0.39, 0.29) is 17.8 Å². The van der Waals surface area contributed by atoms with Gasteiger partial charge in [0.25, 0.3) is 5.91 Å². The van der Waals surface area contributed by atoms with Crippen molar-refractivity contribution in [3.63, 3.8) is 0 Å². The van der Waals surface area contributed by atoms with Gasteiger partial charge in [0.15, 0.2) is 0 Å². The second kappa shape index (κ2) is 5.44. The van der Waals surface area contributed by atoms with Crippen LogP contribution in [0.25, 0.3) is 0 Å². The van der Waals surface area contributed by atoms with Gasteiger partial charge in [0.2, 0.25) is 5.82 Å². The Morgan fingerprint density at radius 2 is 2.39 bits per heavy atom. The predicted octanol–water partition coefficient (Wildman–Crippen LogP) is 0.971. The zero-order valence-electron chi connectivity index (χ0n) is 10.4. The number of nitrogens with zero attached hydrogens (tertiary/aromatic N) is 3. The van der Waals surface area contributed by atoms with Crippen molar-refractivity contribution in [2.75, 3.05) is 0 Å². The van der Waals surface area contributed by atoms with Crippen molar-refractivity contribution in [2.45, 2.75) is 32.7 Å². The van der Waals surface area contributed by atoms with Crippen molar-refractivity contribution in [1.82, 2.24) is 30.7 Å². The third kappa shape index (κ3) is 2.73. The molecular weight excluding hydrogens is 232 g/mol. The smallest absolute Gasteiger partial charge is 0.291 e. The lowest BCUT2D eigenvalue weighted by Crippen LogP contribution is -2.27. The Morgan fingerprint density at radius 3 is 3.06 bits per heavy atom. The molecule has 3 N–H and O–H groups in total. The molecule has 0 aliphatic carbocycles. The average molecular weight is 248 g/mol. The van der Waals surface area contributed by atoms with Crippen LogP contribution >= 0.6 is 0 Å². The summed E-state index contributed by atoms with van der Waals surface area (Å²) in [5, 5.41) is 16.0. The van der Waals surface area contributed by atoms with Gasteiger partial charge in [0.1, 0.15) is 5.82 Å². The fraction of sp³-hybridized carbons (Fsp3) is 0.455. The first-order chi connectivity index (χ1) is 8.70. The van der Waals surface area contributed by atoms with Gasteiger partial charge in [-0.2, -0.15) is 5.10 Å². The van der Waals surface area contributed by atoms with E-state index >= 15 is 0 Å². The van der Waals surface area contributed by atoms with Gasteiger partial charge in [-0.25, -0.2) is 4.98 Å². The number of H-pyrrole nitrogens is 2. The van der Waals surface area contributed by atoms with Crippen molar-refractivity contribution in [3.05, 3.63) is 29.6 Å². The maximum atomic E-state index is 11.9. The van der Waals surface area contributed by atoms with Crippen LogP contribution in [0.4, 0.5) is 0 Å². The van der Waals surface area contributed by atoms with Gasteiger partial charge in [-0.1, -0.05) is 6.92 Å². The molecule has 1 unspecified atom stereocenters. The lowest BCUT2D eigenvalue weighted by molar-refractivity contribution is 0.0929. The quantitative estimate of drug-likeness (QED) is 0.734. The molecule has 0 aliphatic rings. The van der Waals surface area contributed by atoms with E-state index in [4.69, 9.17) is 0 Å². The molecule has 2 rings (SSSR count). The van der Waals surface area contributed by atoms with E-state index in [1.54, 1.807) is 12.4 Å². The fourth-order valence-electron chi connectivity index (χ4n) is 1.59. The van der Waals surface area contributed by atoms with Crippen molar-refractivity contribution >= 4 is 5.91 Å². The van der Waals surface area contributed by atoms with Crippen LogP contribution in [-0.2, 0) is 6.42 Å². The summed E-state index contributed by atoms with van der Waals surface area (Å²) < 4.78 is 0. The van der Waals surface area contributed by atoms with Crippen molar-refractivity contribution < 1.29 is 4.79 Å². The Balaban J connectivity index is 1.98. The largest absolute Gasteiger partial charge is 0.343 e. The number of aromatic nitrogens is 5. The van der Waals surface area contributed by atoms with E-state index in [1.165, 1.54) is 0 Å². The number of nitrogens with one attached hydrogen (secondary N) is 3. The first-order valence-corrected chi connectivity index (χ1v) is 5.91. The number of hydrogen-bond donors (Lipinski definition) is 3. The highest BCUT2D eigenvalue weighted by atomic mass is 16.2. The van der Waals surface area contributed by atoms with Crippen molar-refractivity contribution in [3.8, 4) is 0 Å². The molecule has 2 aromatic rings. The lowest BCUT2D eigenvalue weighted by atomic mass is 10.2. The van der Waals surface area contributed by atoms with E-state index in [2.05, 4.69) is 30.7 Å². The lowest BCUT2D eigenvalue weighted by Gasteiger charge is -2.09. The van der Waals surface area contributed by atoms with E-state index in [0.717, 1.165) is 24.2 Å². The summed E-state index contributed by atoms with van der Waals surface area (Å²) in [5.41, 5.74) is 0.910. The Kier molecular flexibility index (Phi) is 3.71. The Morgan fingerprint density at radius 1 is 1.56 bits per heavy atom. The van der Waals surface area contributed by atoms with Gasteiger partial charge < -0.3 is 5.32 Å². The normalized spacial score (nSPS) is 12.3. The summed E-state index contributed by atoms with van der Waals surface area (Å²) >= 11 is 0. The van der Waals surface area contributed by atoms with E-state index < -0.39 is 0 Å². The number of carbonyl (C=O) groups excluding carboxylic acids is 1. The van der Waals surface area contributed by atoms with Gasteiger partial charge in [-0.05, 0) is 13.3 Å². The first kappa shape index (κ1) is 12.3. The average Bonchev–Trinajstić information content (AvgIpc) is 3.00. The van der Waals surface area contributed by atoms with Crippen LogP contribution in [-0.4, -0.2) is 31.3 Å². The molecule has 2 heterocycles. The number of aromatic amines is 2. The van der Waals surface area contributed by atoms with Gasteiger partial charge in [-0.3, -0.25) is 15.0 Å². The molecule has 18 heavy (non-hydrogen) atoms. The molecular formula is C11H16N6O. The van der Waals surface area contributed by atoms with E-state index in [9.17, 15) is 4.79 Å². The monoisotopic (exact) mass is 248 g/mol. The minimum absolute atomic E-state index is 0.135. The molecule has 0 spiro atoms. The molecule has 0 fully saturated rings. The minimum atomic E-state index is -0.290. The maximum absolute atomic E-state index is 11.9. The number of rotatable bonds is 5. The molecule has 0 radical (unpaired) electrons. The second-order valence-electron chi connectivity index (χ2n) is 4.08. The highest BCUT2D eigenvalue weighted by Gasteiger charge is 2.16. The molecule has 0 saturated heterocycles. The SMILES string of the molecule is CCCc1nc(C(=O)NC(C)c2cn[nH]c2)n[nH]1. The Labute approximate surface area is 104 Å². The van der Waals surface area contributed by atoms with Crippen LogP contribution in [0.15, 0.2) is 12.4 Å². The van der Waals surface area contributed by atoms with Crippen LogP contribution < -0.4 is 5.32 Å². The number of amides is 1. The van der Waals surface area contributed by atoms with Gasteiger partial charge in [0, 0.05) is 18.2 Å². The highest BCUT2D eigenvalue weighted by molar-refractivity contribution is 5.90. The number of carbonyl (C=O) groups is 1. The van der Waals surface area contributed by atoms with E-state index in [1.807, 2.05) is 13.8 Å². The first-order valence-electron chi connectivity index (χ1n) is 5.91. The highest BCUT2D eigenvalue weighted by Crippen LogP contribution is 2.09. The third-order valence-corrected chi connectivity index (χ3v) is 2.59. The summed E-state index contributed by atoms with van der Waals surface area (Å²) in [6, 6.07) is -0.135. The van der Waals surface area contributed by atoms with Crippen LogP contribution in [0.2, 0.25) is 0 Å². The van der Waals surface area contributed by atoms with Crippen molar-refractivity contribution in [2.24, 2.45) is 0 Å². The predicted molar refractivity (Wildman–Crippen MR) is 64.8 cm³/mol. The Bertz CT molecular complexity index is 503. The molecule has 0 aromatic carbocycles. The Hall–Kier alpha value is -2.18. The van der Waals surface area contributed by atoms with Gasteiger partial charge >= 0.3 is 0 Å². The summed E-state index contributed by atoms with van der Waals surface area (Å²) in [6.45, 7) is 3.92. The third-order valence-electron chi connectivity index (χ3n) is 2.59. The zero-order valence-corrected chi connectivity index (χ0v) is 10.4. The molecule has 0 saturated carbocycles. The molecule has 1 amide bonds. The molecule has 7 heteroatoms. The van der Waals surface area contributed by atoms with Crippen molar-refractivity contribution in [1.29, 1.82) is 0 Å². The number of hydrogen-bond acceptors (Lipinski definition) is 4. The molecule has 7 nitrogen and oxygen atoms in total. The molecule has 1 atom stereocenters. The second-order valence-corrected chi connectivity index (χ2v) is 4.08. The maximum Gasteiger partial charge on any atom is 0.291 e. The van der Waals surface area contributed by atoms with E-state index in [0.29, 0.717) is 0 Å². The number of aryl methyl sites for hydroxylation is 1. The molecule has 0 bridgehead atoms. The topological polar surface area (TPSA) is 99.3 Å². The molecule has 0 aliphatic heterocycles. The van der Waals surface area contributed by atoms with Gasteiger partial charge in [-0.15, -0.1) is 5.10 Å². The van der Waals surface area contributed by atoms with Gasteiger partial charge in [0.05, 0.1) is 12.2 Å². The summed E-state index contributed by atoms with van der Waals surface area (Å²) in [4.78, 5) is 16.0.